The van der Waals surface area contributed by atoms with Crippen LogP contribution in [0.4, 0.5) is 34.1 Å². The second kappa shape index (κ2) is 10.3. The van der Waals surface area contributed by atoms with Crippen LogP contribution in [-0.4, -0.2) is 0 Å². The fourth-order valence-electron chi connectivity index (χ4n) is 4.38. The van der Waals surface area contributed by atoms with Gasteiger partial charge in [-0.25, -0.2) is 0 Å². The van der Waals surface area contributed by atoms with Crippen LogP contribution in [0.1, 0.15) is 25.3 Å². The molecule has 0 unspecified atom stereocenters. The molecule has 0 atom stereocenters. The van der Waals surface area contributed by atoms with Crippen molar-refractivity contribution in [1.82, 2.24) is 0 Å². The average molecular weight is 455 g/mol. The summed E-state index contributed by atoms with van der Waals surface area (Å²) in [6, 6.07) is 49.3. The highest BCUT2D eigenvalue weighted by atomic mass is 15.2. The van der Waals surface area contributed by atoms with Gasteiger partial charge in [0.15, 0.2) is 0 Å². The standard InChI is InChI=1S/C33H30N2/c1-26(2)27-18-20-31(21-19-27)35(30-16-10-5-11-17-30)33-24-22-32(23-25-33)34(28-12-6-3-7-13-28)29-14-8-4-9-15-29/h3-26H,1-2H3. The molecule has 5 aromatic rings. The summed E-state index contributed by atoms with van der Waals surface area (Å²) >= 11 is 0. The Balaban J connectivity index is 1.55. The van der Waals surface area contributed by atoms with Crippen LogP contribution in [0.15, 0.2) is 140 Å². The maximum absolute atomic E-state index is 2.31. The predicted molar refractivity (Wildman–Crippen MR) is 150 cm³/mol. The number of nitrogens with zero attached hydrogens (tertiary/aromatic N) is 2. The second-order valence-corrected chi connectivity index (χ2v) is 8.94. The van der Waals surface area contributed by atoms with Crippen LogP contribution in [0.25, 0.3) is 0 Å². The SMILES string of the molecule is CC(C)c1ccc(N(c2ccccc2)c2ccc(N(c3ccccc3)c3ccccc3)cc2)cc1. The maximum Gasteiger partial charge on any atom is 0.0463 e. The van der Waals surface area contributed by atoms with Gasteiger partial charge >= 0.3 is 0 Å². The molecule has 0 radical (unpaired) electrons. The Bertz CT molecular complexity index is 1290. The predicted octanol–water partition coefficient (Wildman–Crippen LogP) is 9.75. The molecule has 0 saturated heterocycles. The highest BCUT2D eigenvalue weighted by Crippen LogP contribution is 2.38. The van der Waals surface area contributed by atoms with Crippen molar-refractivity contribution < 1.29 is 0 Å². The lowest BCUT2D eigenvalue weighted by molar-refractivity contribution is 0.866. The van der Waals surface area contributed by atoms with Crippen molar-refractivity contribution in [2.45, 2.75) is 19.8 Å². The van der Waals surface area contributed by atoms with Crippen LogP contribution in [0.3, 0.4) is 0 Å². The largest absolute Gasteiger partial charge is 0.311 e. The van der Waals surface area contributed by atoms with E-state index in [-0.39, 0.29) is 0 Å². The Kier molecular flexibility index (Phi) is 6.63. The maximum atomic E-state index is 2.31. The van der Waals surface area contributed by atoms with Crippen molar-refractivity contribution in [2.75, 3.05) is 9.80 Å². The number of benzene rings is 5. The molecule has 0 bridgehead atoms. The van der Waals surface area contributed by atoms with Crippen molar-refractivity contribution in [3.63, 3.8) is 0 Å². The third-order valence-corrected chi connectivity index (χ3v) is 6.23. The molecule has 0 aliphatic carbocycles. The first kappa shape index (κ1) is 22.5. The molecule has 0 saturated carbocycles. The molecule has 0 aliphatic rings. The molecule has 2 nitrogen and oxygen atoms in total. The normalized spacial score (nSPS) is 10.8. The second-order valence-electron chi connectivity index (χ2n) is 8.94. The number of anilines is 6. The first-order valence-corrected chi connectivity index (χ1v) is 12.2. The molecule has 0 amide bonds. The van der Waals surface area contributed by atoms with E-state index in [0.29, 0.717) is 5.92 Å². The van der Waals surface area contributed by atoms with Crippen LogP contribution >= 0.6 is 0 Å². The Morgan fingerprint density at radius 3 is 0.886 bits per heavy atom. The van der Waals surface area contributed by atoms with E-state index in [4.69, 9.17) is 0 Å². The van der Waals surface area contributed by atoms with Crippen LogP contribution in [0.2, 0.25) is 0 Å². The van der Waals surface area contributed by atoms with Gasteiger partial charge in [-0.3, -0.25) is 0 Å². The van der Waals surface area contributed by atoms with Crippen LogP contribution in [-0.2, 0) is 0 Å². The zero-order valence-corrected chi connectivity index (χ0v) is 20.3. The Hall–Kier alpha value is -4.30. The first-order chi connectivity index (χ1) is 17.2. The minimum atomic E-state index is 0.510. The fourth-order valence-corrected chi connectivity index (χ4v) is 4.38. The van der Waals surface area contributed by atoms with Crippen molar-refractivity contribution in [3.05, 3.63) is 145 Å². The lowest BCUT2D eigenvalue weighted by Gasteiger charge is -2.28. The Labute approximate surface area is 208 Å². The molecule has 5 rings (SSSR count). The molecule has 2 heteroatoms. The topological polar surface area (TPSA) is 6.48 Å². The van der Waals surface area contributed by atoms with E-state index in [1.807, 2.05) is 0 Å². The summed E-state index contributed by atoms with van der Waals surface area (Å²) in [4.78, 5) is 4.59. The molecular formula is C33H30N2. The molecule has 35 heavy (non-hydrogen) atoms. The van der Waals surface area contributed by atoms with Crippen molar-refractivity contribution >= 4 is 34.1 Å². The van der Waals surface area contributed by atoms with E-state index in [2.05, 4.69) is 163 Å². The number of hydrogen-bond acceptors (Lipinski definition) is 2. The summed E-state index contributed by atoms with van der Waals surface area (Å²) in [5, 5.41) is 0. The van der Waals surface area contributed by atoms with Crippen molar-refractivity contribution in [2.24, 2.45) is 0 Å². The van der Waals surface area contributed by atoms with Gasteiger partial charge in [0.05, 0.1) is 0 Å². The smallest absolute Gasteiger partial charge is 0.0463 e. The van der Waals surface area contributed by atoms with Crippen molar-refractivity contribution in [1.29, 1.82) is 0 Å². The van der Waals surface area contributed by atoms with Gasteiger partial charge in [-0.2, -0.15) is 0 Å². The lowest BCUT2D eigenvalue weighted by Crippen LogP contribution is -2.12. The van der Waals surface area contributed by atoms with Gasteiger partial charge in [-0.15, -0.1) is 0 Å². The highest BCUT2D eigenvalue weighted by Gasteiger charge is 2.15. The van der Waals surface area contributed by atoms with Crippen LogP contribution in [0, 0.1) is 0 Å². The van der Waals surface area contributed by atoms with Gasteiger partial charge in [0, 0.05) is 34.1 Å². The minimum Gasteiger partial charge on any atom is -0.311 e. The van der Waals surface area contributed by atoms with Gasteiger partial charge in [-0.05, 0) is 84.3 Å². The molecule has 5 aromatic carbocycles. The van der Waals surface area contributed by atoms with Gasteiger partial charge < -0.3 is 9.80 Å². The summed E-state index contributed by atoms with van der Waals surface area (Å²) < 4.78 is 0. The third kappa shape index (κ3) is 4.97. The lowest BCUT2D eigenvalue weighted by atomic mass is 10.0. The number of para-hydroxylation sites is 3. The van der Waals surface area contributed by atoms with Gasteiger partial charge in [0.25, 0.3) is 0 Å². The molecule has 0 aromatic heterocycles. The summed E-state index contributed by atoms with van der Waals surface area (Å²) in [5.74, 6) is 0.510. The minimum absolute atomic E-state index is 0.510. The van der Waals surface area contributed by atoms with Gasteiger partial charge in [0.1, 0.15) is 0 Å². The zero-order valence-electron chi connectivity index (χ0n) is 20.3. The zero-order chi connectivity index (χ0) is 24.0. The average Bonchev–Trinajstić information content (AvgIpc) is 2.92. The molecule has 0 aliphatic heterocycles. The quantitative estimate of drug-likeness (QED) is 0.241. The Morgan fingerprint density at radius 1 is 0.343 bits per heavy atom. The Morgan fingerprint density at radius 2 is 0.600 bits per heavy atom. The van der Waals surface area contributed by atoms with Gasteiger partial charge in [0.2, 0.25) is 0 Å². The number of hydrogen-bond donors (Lipinski definition) is 0. The fraction of sp³-hybridized carbons (Fsp3) is 0.0909. The summed E-state index contributed by atoms with van der Waals surface area (Å²) in [6.07, 6.45) is 0. The molecule has 0 fully saturated rings. The van der Waals surface area contributed by atoms with Crippen LogP contribution < -0.4 is 9.80 Å². The molecule has 172 valence electrons. The summed E-state index contributed by atoms with van der Waals surface area (Å²) in [6.45, 7) is 4.46. The molecule has 0 spiro atoms. The first-order valence-electron chi connectivity index (χ1n) is 12.2. The van der Waals surface area contributed by atoms with E-state index in [9.17, 15) is 0 Å². The molecule has 0 N–H and O–H groups in total. The van der Waals surface area contributed by atoms with E-state index in [1.165, 1.54) is 5.56 Å². The molecular weight excluding hydrogens is 424 g/mol. The third-order valence-electron chi connectivity index (χ3n) is 6.23. The van der Waals surface area contributed by atoms with Gasteiger partial charge in [-0.1, -0.05) is 80.6 Å². The highest BCUT2D eigenvalue weighted by molar-refractivity contribution is 5.81. The van der Waals surface area contributed by atoms with E-state index in [1.54, 1.807) is 0 Å². The van der Waals surface area contributed by atoms with E-state index in [0.717, 1.165) is 34.1 Å². The monoisotopic (exact) mass is 454 g/mol. The van der Waals surface area contributed by atoms with Crippen LogP contribution in [0.5, 0.6) is 0 Å². The van der Waals surface area contributed by atoms with Crippen molar-refractivity contribution in [3.8, 4) is 0 Å². The van der Waals surface area contributed by atoms with E-state index >= 15 is 0 Å². The summed E-state index contributed by atoms with van der Waals surface area (Å²) in [5.41, 5.74) is 8.15. The van der Waals surface area contributed by atoms with E-state index < -0.39 is 0 Å². The summed E-state index contributed by atoms with van der Waals surface area (Å²) in [7, 11) is 0. The molecule has 0 heterocycles. The number of rotatable bonds is 7.